The zero-order valence-corrected chi connectivity index (χ0v) is 10.7. The average molecular weight is 253 g/mol. The van der Waals surface area contributed by atoms with Crippen molar-refractivity contribution in [3.05, 3.63) is 53.9 Å². The van der Waals surface area contributed by atoms with Crippen LogP contribution in [0.3, 0.4) is 0 Å². The van der Waals surface area contributed by atoms with Crippen LogP contribution in [0.1, 0.15) is 17.0 Å². The molecule has 2 heterocycles. The Morgan fingerprint density at radius 2 is 2.21 bits per heavy atom. The molecule has 0 radical (unpaired) electrons. The SMILES string of the molecule is Cc1ccncc1NC(=O)C1CNc2ccccc21. The second-order valence-corrected chi connectivity index (χ2v) is 4.70. The minimum absolute atomic E-state index is 0.00792. The van der Waals surface area contributed by atoms with Gasteiger partial charge in [0.05, 0.1) is 17.8 Å². The van der Waals surface area contributed by atoms with Crippen LogP contribution in [0.25, 0.3) is 0 Å². The molecule has 0 saturated carbocycles. The van der Waals surface area contributed by atoms with Crippen LogP contribution >= 0.6 is 0 Å². The topological polar surface area (TPSA) is 54.0 Å². The van der Waals surface area contributed by atoms with Crippen molar-refractivity contribution in [1.82, 2.24) is 4.98 Å². The minimum atomic E-state index is -0.143. The predicted molar refractivity (Wildman–Crippen MR) is 75.3 cm³/mol. The van der Waals surface area contributed by atoms with Crippen LogP contribution in [0.2, 0.25) is 0 Å². The quantitative estimate of drug-likeness (QED) is 0.864. The van der Waals surface area contributed by atoms with E-state index in [1.54, 1.807) is 12.4 Å². The number of aryl methyl sites for hydroxylation is 1. The molecule has 1 amide bonds. The Hall–Kier alpha value is -2.36. The number of hydrogen-bond donors (Lipinski definition) is 2. The fraction of sp³-hybridized carbons (Fsp3) is 0.200. The van der Waals surface area contributed by atoms with E-state index in [9.17, 15) is 4.79 Å². The number of nitrogens with zero attached hydrogens (tertiary/aromatic N) is 1. The summed E-state index contributed by atoms with van der Waals surface area (Å²) in [5, 5.41) is 6.21. The highest BCUT2D eigenvalue weighted by Crippen LogP contribution is 2.31. The highest BCUT2D eigenvalue weighted by Gasteiger charge is 2.28. The van der Waals surface area contributed by atoms with Crippen LogP contribution in [0.4, 0.5) is 11.4 Å². The van der Waals surface area contributed by atoms with Crippen LogP contribution in [0, 0.1) is 6.92 Å². The van der Waals surface area contributed by atoms with Gasteiger partial charge in [0.15, 0.2) is 0 Å². The molecule has 3 rings (SSSR count). The Morgan fingerprint density at radius 3 is 3.05 bits per heavy atom. The number of aromatic nitrogens is 1. The van der Waals surface area contributed by atoms with Crippen LogP contribution < -0.4 is 10.6 Å². The van der Waals surface area contributed by atoms with Crippen LogP contribution in [0.5, 0.6) is 0 Å². The zero-order chi connectivity index (χ0) is 13.2. The Labute approximate surface area is 111 Å². The van der Waals surface area contributed by atoms with Gasteiger partial charge in [-0.2, -0.15) is 0 Å². The van der Waals surface area contributed by atoms with Gasteiger partial charge in [-0.3, -0.25) is 9.78 Å². The number of rotatable bonds is 2. The van der Waals surface area contributed by atoms with Crippen molar-refractivity contribution in [3.8, 4) is 0 Å². The number of para-hydroxylation sites is 1. The molecular formula is C15H15N3O. The second kappa shape index (κ2) is 4.72. The molecule has 0 aliphatic carbocycles. The first-order valence-corrected chi connectivity index (χ1v) is 6.30. The number of pyridine rings is 1. The van der Waals surface area contributed by atoms with Gasteiger partial charge >= 0.3 is 0 Å². The number of hydrogen-bond acceptors (Lipinski definition) is 3. The van der Waals surface area contributed by atoms with E-state index in [1.165, 1.54) is 0 Å². The molecule has 1 aliphatic rings. The lowest BCUT2D eigenvalue weighted by molar-refractivity contribution is -0.117. The molecule has 1 aliphatic heterocycles. The summed E-state index contributed by atoms with van der Waals surface area (Å²) in [4.78, 5) is 16.4. The van der Waals surface area contributed by atoms with Crippen LogP contribution in [-0.4, -0.2) is 17.4 Å². The largest absolute Gasteiger partial charge is 0.384 e. The van der Waals surface area contributed by atoms with Gasteiger partial charge in [-0.1, -0.05) is 18.2 Å². The summed E-state index contributed by atoms with van der Waals surface area (Å²) in [6.07, 6.45) is 3.40. The molecule has 1 aromatic heterocycles. The van der Waals surface area contributed by atoms with Crippen LogP contribution in [0.15, 0.2) is 42.7 Å². The first kappa shape index (κ1) is 11.7. The molecule has 96 valence electrons. The van der Waals surface area contributed by atoms with Gasteiger partial charge in [0.2, 0.25) is 5.91 Å². The van der Waals surface area contributed by atoms with Crippen molar-refractivity contribution in [2.75, 3.05) is 17.2 Å². The lowest BCUT2D eigenvalue weighted by Gasteiger charge is -2.12. The molecule has 1 atom stereocenters. The van der Waals surface area contributed by atoms with Gasteiger partial charge in [-0.15, -0.1) is 0 Å². The number of amides is 1. The lowest BCUT2D eigenvalue weighted by Crippen LogP contribution is -2.23. The Bertz CT molecular complexity index is 624. The van der Waals surface area contributed by atoms with E-state index in [2.05, 4.69) is 15.6 Å². The van der Waals surface area contributed by atoms with E-state index in [-0.39, 0.29) is 11.8 Å². The zero-order valence-electron chi connectivity index (χ0n) is 10.7. The predicted octanol–water partition coefficient (Wildman–Crippen LogP) is 2.54. The monoisotopic (exact) mass is 253 g/mol. The summed E-state index contributed by atoms with van der Waals surface area (Å²) < 4.78 is 0. The van der Waals surface area contributed by atoms with Gasteiger partial charge in [0.1, 0.15) is 0 Å². The van der Waals surface area contributed by atoms with Crippen molar-refractivity contribution in [2.24, 2.45) is 0 Å². The summed E-state index contributed by atoms with van der Waals surface area (Å²) in [6.45, 7) is 2.60. The van der Waals surface area contributed by atoms with E-state index in [1.807, 2.05) is 37.3 Å². The molecule has 1 unspecified atom stereocenters. The molecule has 2 aromatic rings. The van der Waals surface area contributed by atoms with Crippen molar-refractivity contribution < 1.29 is 4.79 Å². The van der Waals surface area contributed by atoms with Crippen molar-refractivity contribution >= 4 is 17.3 Å². The standard InChI is InChI=1S/C15H15N3O/c1-10-6-7-16-9-14(10)18-15(19)12-8-17-13-5-3-2-4-11(12)13/h2-7,9,12,17H,8H2,1H3,(H,18,19). The fourth-order valence-electron chi connectivity index (χ4n) is 2.33. The summed E-state index contributed by atoms with van der Waals surface area (Å²) in [5.41, 5.74) is 3.89. The first-order valence-electron chi connectivity index (χ1n) is 6.30. The van der Waals surface area contributed by atoms with E-state index in [0.29, 0.717) is 6.54 Å². The maximum atomic E-state index is 12.4. The molecule has 0 saturated heterocycles. The molecule has 4 nitrogen and oxygen atoms in total. The van der Waals surface area contributed by atoms with Gasteiger partial charge < -0.3 is 10.6 Å². The molecule has 0 spiro atoms. The number of anilines is 2. The smallest absolute Gasteiger partial charge is 0.233 e. The highest BCUT2D eigenvalue weighted by molar-refractivity contribution is 5.98. The third-order valence-corrected chi connectivity index (χ3v) is 3.45. The summed E-state index contributed by atoms with van der Waals surface area (Å²) >= 11 is 0. The van der Waals surface area contributed by atoms with Gasteiger partial charge in [-0.25, -0.2) is 0 Å². The molecule has 1 aromatic carbocycles. The van der Waals surface area contributed by atoms with E-state index in [4.69, 9.17) is 0 Å². The van der Waals surface area contributed by atoms with Crippen molar-refractivity contribution in [3.63, 3.8) is 0 Å². The highest BCUT2D eigenvalue weighted by atomic mass is 16.1. The lowest BCUT2D eigenvalue weighted by atomic mass is 10.0. The van der Waals surface area contributed by atoms with Gasteiger partial charge in [-0.05, 0) is 30.2 Å². The first-order chi connectivity index (χ1) is 9.25. The normalized spacial score (nSPS) is 16.6. The number of fused-ring (bicyclic) bond motifs is 1. The van der Waals surface area contributed by atoms with E-state index in [0.717, 1.165) is 22.5 Å². The maximum absolute atomic E-state index is 12.4. The van der Waals surface area contributed by atoms with Gasteiger partial charge in [0.25, 0.3) is 0 Å². The third kappa shape index (κ3) is 2.17. The Kier molecular flexibility index (Phi) is 2.91. The minimum Gasteiger partial charge on any atom is -0.384 e. The van der Waals surface area contributed by atoms with E-state index < -0.39 is 0 Å². The van der Waals surface area contributed by atoms with Crippen molar-refractivity contribution in [1.29, 1.82) is 0 Å². The van der Waals surface area contributed by atoms with E-state index >= 15 is 0 Å². The molecule has 4 heteroatoms. The molecule has 2 N–H and O–H groups in total. The maximum Gasteiger partial charge on any atom is 0.233 e. The van der Waals surface area contributed by atoms with Crippen LogP contribution in [-0.2, 0) is 4.79 Å². The number of benzene rings is 1. The molecule has 19 heavy (non-hydrogen) atoms. The molecular weight excluding hydrogens is 238 g/mol. The summed E-state index contributed by atoms with van der Waals surface area (Å²) in [5.74, 6) is -0.135. The number of carbonyl (C=O) groups excluding carboxylic acids is 1. The Morgan fingerprint density at radius 1 is 1.37 bits per heavy atom. The average Bonchev–Trinajstić information content (AvgIpc) is 2.85. The summed E-state index contributed by atoms with van der Waals surface area (Å²) in [6, 6.07) is 9.81. The molecule has 0 fully saturated rings. The summed E-state index contributed by atoms with van der Waals surface area (Å²) in [7, 11) is 0. The van der Waals surface area contributed by atoms with Gasteiger partial charge in [0, 0.05) is 18.4 Å². The molecule has 0 bridgehead atoms. The number of nitrogens with one attached hydrogen (secondary N) is 2. The number of carbonyl (C=O) groups is 1. The van der Waals surface area contributed by atoms with Crippen molar-refractivity contribution in [2.45, 2.75) is 12.8 Å². The fourth-order valence-corrected chi connectivity index (χ4v) is 2.33. The third-order valence-electron chi connectivity index (χ3n) is 3.45. The Balaban J connectivity index is 1.81. The second-order valence-electron chi connectivity index (χ2n) is 4.70.